The van der Waals surface area contributed by atoms with Crippen molar-refractivity contribution in [2.75, 3.05) is 26.5 Å². The molecule has 0 unspecified atom stereocenters. The van der Waals surface area contributed by atoms with Gasteiger partial charge in [0.1, 0.15) is 28.8 Å². The van der Waals surface area contributed by atoms with E-state index in [1.54, 1.807) is 65.8 Å². The largest absolute Gasteiger partial charge is 0.478 e. The number of thiophene rings is 1. The van der Waals surface area contributed by atoms with Crippen molar-refractivity contribution in [1.29, 1.82) is 5.26 Å². The third-order valence-corrected chi connectivity index (χ3v) is 18.5. The molecule has 4 aliphatic heterocycles. The van der Waals surface area contributed by atoms with Crippen LogP contribution in [0.5, 0.6) is 11.5 Å². The molecule has 14 nitrogen and oxygen atoms in total. The number of carbonyl (C=O) groups excluding carboxylic acids is 2. The van der Waals surface area contributed by atoms with E-state index in [4.69, 9.17) is 14.2 Å². The molecule has 6 aliphatic rings. The van der Waals surface area contributed by atoms with Crippen molar-refractivity contribution in [1.82, 2.24) is 24.0 Å². The molecule has 14 rings (SSSR count). The maximum atomic E-state index is 14.2. The van der Waals surface area contributed by atoms with Crippen LogP contribution in [0.1, 0.15) is 78.2 Å². The van der Waals surface area contributed by atoms with Gasteiger partial charge in [-0.2, -0.15) is 5.26 Å². The van der Waals surface area contributed by atoms with Crippen LogP contribution in [-0.4, -0.2) is 72.9 Å². The molecule has 8 heterocycles. The molecule has 2 spiro atoms. The van der Waals surface area contributed by atoms with Gasteiger partial charge in [0.2, 0.25) is 5.91 Å². The van der Waals surface area contributed by atoms with Crippen molar-refractivity contribution in [3.05, 3.63) is 218 Å². The van der Waals surface area contributed by atoms with Gasteiger partial charge in [0.25, 0.3) is 0 Å². The number of fused-ring (bicyclic) bond motifs is 5. The van der Waals surface area contributed by atoms with Gasteiger partial charge in [-0.05, 0) is 97.3 Å². The van der Waals surface area contributed by atoms with Gasteiger partial charge in [-0.3, -0.25) is 14.6 Å². The number of ether oxygens (including phenoxy) is 3. The summed E-state index contributed by atoms with van der Waals surface area (Å²) in [5.74, 6) is -1.54. The first kappa shape index (κ1) is 47.7. The number of nitrogens with one attached hydrogen (secondary N) is 1. The third kappa shape index (κ3) is 5.55. The Kier molecular flexibility index (Phi) is 10.2. The molecule has 382 valence electrons. The van der Waals surface area contributed by atoms with Crippen LogP contribution < -0.4 is 14.8 Å². The summed E-state index contributed by atoms with van der Waals surface area (Å²) in [4.78, 5) is 39.7. The first-order valence-electron chi connectivity index (χ1n) is 25.4. The smallest absolute Gasteiger partial charge is 0.314 e. The Hall–Kier alpha value is -8.03. The number of rotatable bonds is 6. The predicted molar refractivity (Wildman–Crippen MR) is 284 cm³/mol. The number of nitriles is 1. The third-order valence-electron chi connectivity index (χ3n) is 17.6. The van der Waals surface area contributed by atoms with Crippen LogP contribution in [-0.2, 0) is 48.8 Å². The fourth-order valence-corrected chi connectivity index (χ4v) is 16.0. The molecule has 2 aliphatic carbocycles. The number of esters is 1. The Morgan fingerprint density at radius 1 is 0.816 bits per heavy atom. The molecule has 0 radical (unpaired) electrons. The van der Waals surface area contributed by atoms with Gasteiger partial charge in [-0.15, -0.1) is 11.3 Å². The molecule has 4 aromatic heterocycles. The van der Waals surface area contributed by atoms with Crippen LogP contribution >= 0.6 is 11.3 Å². The maximum Gasteiger partial charge on any atom is 0.314 e. The summed E-state index contributed by atoms with van der Waals surface area (Å²) < 4.78 is 23.7. The van der Waals surface area contributed by atoms with Crippen molar-refractivity contribution in [2.24, 2.45) is 11.8 Å². The average molecular weight is 1030 g/mol. The highest BCUT2D eigenvalue weighted by molar-refractivity contribution is 7.10. The normalized spacial score (nSPS) is 30.1. The molecule has 3 N–H and O–H groups in total. The predicted octanol–water partition coefficient (Wildman–Crippen LogP) is 8.59. The molecule has 8 aromatic rings. The van der Waals surface area contributed by atoms with Gasteiger partial charge < -0.3 is 43.8 Å². The first-order valence-corrected chi connectivity index (χ1v) is 26.3. The number of hydrogen-bond acceptors (Lipinski definition) is 12. The quantitative estimate of drug-likeness (QED) is 0.136. The van der Waals surface area contributed by atoms with Gasteiger partial charge in [0.15, 0.2) is 28.0 Å². The van der Waals surface area contributed by atoms with Gasteiger partial charge in [-0.25, -0.2) is 4.98 Å². The van der Waals surface area contributed by atoms with Crippen LogP contribution in [0.25, 0.3) is 0 Å². The van der Waals surface area contributed by atoms with Crippen LogP contribution in [0.4, 0.5) is 5.82 Å². The van der Waals surface area contributed by atoms with E-state index in [2.05, 4.69) is 51.7 Å². The van der Waals surface area contributed by atoms with Gasteiger partial charge >= 0.3 is 5.97 Å². The summed E-state index contributed by atoms with van der Waals surface area (Å²) in [5.41, 5.74) is 1.26. The summed E-state index contributed by atoms with van der Waals surface area (Å²) in [6.45, 7) is 8.05. The Labute approximate surface area is 443 Å². The lowest BCUT2D eigenvalue weighted by Gasteiger charge is -2.45. The van der Waals surface area contributed by atoms with E-state index >= 15 is 0 Å². The van der Waals surface area contributed by atoms with Crippen LogP contribution in [0.15, 0.2) is 152 Å². The molecule has 0 saturated heterocycles. The Bertz CT molecular complexity index is 3720. The van der Waals surface area contributed by atoms with E-state index in [9.17, 15) is 25.1 Å². The molecule has 76 heavy (non-hydrogen) atoms. The number of imidazole rings is 1. The second kappa shape index (κ2) is 16.2. The fourth-order valence-electron chi connectivity index (χ4n) is 15.1. The topological polar surface area (TPSA) is 177 Å². The highest BCUT2D eigenvalue weighted by Gasteiger charge is 2.88. The monoisotopic (exact) mass is 1030 g/mol. The summed E-state index contributed by atoms with van der Waals surface area (Å²) in [7, 11) is 4.83. The SMILES string of the molecule is COC(=O)[C@@H]1[C@@H](c2ccccc2)[C@]2(c3ccc(C)cc3)Oc3cc(C)cc(C)c3[C@@]23Nc2cccn2[C@@]13O.Cc1cc2c(cn1)[C@]13n4cncc4C[C@@]1(O)[C@H](C(=O)N(C)C)[C@@H](c1cccs1)[C@]3(c1ccc(C#N)cc1)O2. The molecule has 10 atom stereocenters. The Balaban J connectivity index is 0.000000146. The van der Waals surface area contributed by atoms with Crippen LogP contribution in [0, 0.1) is 50.9 Å². The minimum Gasteiger partial charge on any atom is -0.478 e. The summed E-state index contributed by atoms with van der Waals surface area (Å²) in [5, 5.41) is 41.7. The van der Waals surface area contributed by atoms with Crippen LogP contribution in [0.3, 0.4) is 0 Å². The lowest BCUT2D eigenvalue weighted by molar-refractivity contribution is -0.168. The molecule has 2 fully saturated rings. The van der Waals surface area contributed by atoms with Gasteiger partial charge in [0.05, 0.1) is 36.9 Å². The van der Waals surface area contributed by atoms with Crippen LogP contribution in [0.2, 0.25) is 0 Å². The zero-order valence-corrected chi connectivity index (χ0v) is 43.8. The number of carbonyl (C=O) groups is 2. The van der Waals surface area contributed by atoms with Crippen molar-refractivity contribution < 1.29 is 34.0 Å². The number of aryl methyl sites for hydroxylation is 4. The lowest BCUT2D eigenvalue weighted by atomic mass is 9.67. The van der Waals surface area contributed by atoms with E-state index in [-0.39, 0.29) is 12.3 Å². The Morgan fingerprint density at radius 3 is 2.24 bits per heavy atom. The lowest BCUT2D eigenvalue weighted by Crippen LogP contribution is -2.60. The minimum atomic E-state index is -1.74. The number of amides is 1. The number of hydrogen-bond donors (Lipinski definition) is 3. The minimum absolute atomic E-state index is 0.170. The molecular formula is C61H55N7O7S. The van der Waals surface area contributed by atoms with Gasteiger partial charge in [-0.1, -0.05) is 84.4 Å². The first-order chi connectivity index (χ1) is 36.6. The summed E-state index contributed by atoms with van der Waals surface area (Å²) in [6, 6.07) is 41.5. The molecule has 1 amide bonds. The number of aliphatic hydroxyl groups is 2. The second-order valence-electron chi connectivity index (χ2n) is 21.5. The van der Waals surface area contributed by atoms with Crippen molar-refractivity contribution in [3.63, 3.8) is 0 Å². The van der Waals surface area contributed by atoms with E-state index < -0.39 is 63.2 Å². The second-order valence-corrected chi connectivity index (χ2v) is 22.5. The fraction of sp³-hybridized carbons (Fsp3) is 0.295. The molecule has 2 saturated carbocycles. The van der Waals surface area contributed by atoms with E-state index in [1.807, 2.05) is 123 Å². The number of anilines is 1. The summed E-state index contributed by atoms with van der Waals surface area (Å²) in [6.07, 6.45) is 7.34. The molecular weight excluding hydrogens is 975 g/mol. The molecule has 0 bridgehead atoms. The molecule has 15 heteroatoms. The van der Waals surface area contributed by atoms with Crippen molar-refractivity contribution in [2.45, 2.75) is 79.6 Å². The molecule has 4 aromatic carbocycles. The zero-order chi connectivity index (χ0) is 52.9. The van der Waals surface area contributed by atoms with E-state index in [1.165, 1.54) is 7.11 Å². The van der Waals surface area contributed by atoms with Crippen molar-refractivity contribution in [3.8, 4) is 17.6 Å². The number of methoxy groups -OCH3 is 1. The zero-order valence-electron chi connectivity index (χ0n) is 43.0. The number of benzene rings is 4. The highest BCUT2D eigenvalue weighted by atomic mass is 32.1. The standard InChI is InChI=1S/C32H30N2O4.C29H25N5O3S/c1-19-12-14-23(15-13-19)30-27(22-9-6-5-7-10-22)28(29(35)37-4)32(36)31(30,33-25-11-8-16-34(25)32)26-21(3)17-20(2)18-24(26)38-30;1-17-11-22-21(15-32-17)29-27(36,12-20-14-31-16-34(20)29)25(26(35)33(2)3)24(23-5-4-10-38-23)28(29,37-22)19-8-6-18(13-30)7-9-19/h5-18,27-28,33,36H,1-4H3;4-11,14-16,24-25,36H,12H2,1-3H3/t27-,28+,30+,31-,32-;24-,25+,27-,28+,29+/m11/s1. The average Bonchev–Trinajstić information content (AvgIpc) is 4.23. The van der Waals surface area contributed by atoms with E-state index in [0.717, 1.165) is 66.6 Å². The summed E-state index contributed by atoms with van der Waals surface area (Å²) >= 11 is 1.55. The van der Waals surface area contributed by atoms with Gasteiger partial charge in [0, 0.05) is 78.5 Å². The maximum absolute atomic E-state index is 14.2. The number of pyridine rings is 1. The highest BCUT2D eigenvalue weighted by Crippen LogP contribution is 2.78. The van der Waals surface area contributed by atoms with Crippen molar-refractivity contribution >= 4 is 29.0 Å². The Morgan fingerprint density at radius 2 is 1.54 bits per heavy atom. The van der Waals surface area contributed by atoms with E-state index in [0.29, 0.717) is 17.1 Å². The number of nitrogens with zero attached hydrogens (tertiary/aromatic N) is 6. The number of aromatic nitrogens is 4.